The highest BCUT2D eigenvalue weighted by Gasteiger charge is 2.39. The Labute approximate surface area is 223 Å². The van der Waals surface area contributed by atoms with E-state index in [-0.39, 0.29) is 57.1 Å². The summed E-state index contributed by atoms with van der Waals surface area (Å²) in [4.78, 5) is 31.8. The molecule has 0 unspecified atom stereocenters. The van der Waals surface area contributed by atoms with Gasteiger partial charge in [0.1, 0.15) is 12.2 Å². The number of nitrogens with one attached hydrogen (secondary N) is 2. The van der Waals surface area contributed by atoms with Crippen molar-refractivity contribution in [2.75, 3.05) is 63.4 Å². The fourth-order valence-electron chi connectivity index (χ4n) is 4.49. The van der Waals surface area contributed by atoms with Gasteiger partial charge in [0.2, 0.25) is 5.91 Å². The third kappa shape index (κ3) is 6.75. The first kappa shape index (κ1) is 29.4. The number of H-pyrrole nitrogens is 1. The van der Waals surface area contributed by atoms with Crippen LogP contribution in [0.1, 0.15) is 17.5 Å². The Bertz CT molecular complexity index is 1260. The SMILES string of the molecule is COC[C@@H](COCCC(=O)N1CCN2c3ncc(C(F)(F)F)cc3OC[C@@H]2C1)Nc1cn[nH]c(=O)c1C(F)(F)F. The third-order valence-electron chi connectivity index (χ3n) is 6.35. The van der Waals surface area contributed by atoms with Crippen molar-refractivity contribution in [3.8, 4) is 5.75 Å². The molecule has 0 spiro atoms. The van der Waals surface area contributed by atoms with Crippen molar-refractivity contribution in [3.63, 3.8) is 0 Å². The van der Waals surface area contributed by atoms with E-state index in [1.54, 1.807) is 10.00 Å². The van der Waals surface area contributed by atoms with Crippen LogP contribution in [0.4, 0.5) is 37.8 Å². The van der Waals surface area contributed by atoms with E-state index in [2.05, 4.69) is 15.4 Å². The van der Waals surface area contributed by atoms with Gasteiger partial charge in [-0.3, -0.25) is 9.59 Å². The predicted molar refractivity (Wildman–Crippen MR) is 127 cm³/mol. The number of fused-ring (bicyclic) bond motifs is 3. The van der Waals surface area contributed by atoms with Crippen molar-refractivity contribution in [3.05, 3.63) is 39.9 Å². The minimum Gasteiger partial charge on any atom is -0.487 e. The van der Waals surface area contributed by atoms with Crippen LogP contribution >= 0.6 is 0 Å². The molecule has 0 bridgehead atoms. The van der Waals surface area contributed by atoms with E-state index in [1.165, 1.54) is 7.11 Å². The Morgan fingerprint density at radius 2 is 1.98 bits per heavy atom. The Morgan fingerprint density at radius 1 is 1.20 bits per heavy atom. The van der Waals surface area contributed by atoms with E-state index in [1.807, 2.05) is 4.90 Å². The van der Waals surface area contributed by atoms with Gasteiger partial charge in [-0.2, -0.15) is 31.4 Å². The first-order valence-corrected chi connectivity index (χ1v) is 12.1. The number of pyridine rings is 1. The first-order chi connectivity index (χ1) is 18.9. The summed E-state index contributed by atoms with van der Waals surface area (Å²) in [5.74, 6) is 0.0950. The van der Waals surface area contributed by atoms with Gasteiger partial charge in [-0.1, -0.05) is 0 Å². The largest absolute Gasteiger partial charge is 0.487 e. The average Bonchev–Trinajstić information content (AvgIpc) is 2.89. The second-order valence-electron chi connectivity index (χ2n) is 9.15. The van der Waals surface area contributed by atoms with Gasteiger partial charge in [0.15, 0.2) is 11.6 Å². The molecule has 2 N–H and O–H groups in total. The minimum atomic E-state index is -4.92. The maximum absolute atomic E-state index is 13.3. The number of halogens is 6. The molecule has 1 saturated heterocycles. The van der Waals surface area contributed by atoms with E-state index in [4.69, 9.17) is 14.2 Å². The van der Waals surface area contributed by atoms with Crippen LogP contribution < -0.4 is 20.5 Å². The molecule has 4 heterocycles. The molecule has 220 valence electrons. The quantitative estimate of drug-likeness (QED) is 0.340. The van der Waals surface area contributed by atoms with Gasteiger partial charge in [0, 0.05) is 32.9 Å². The number of hydrogen-bond donors (Lipinski definition) is 2. The molecular weight excluding hydrogens is 554 g/mol. The van der Waals surface area contributed by atoms with E-state index in [0.717, 1.165) is 18.5 Å². The molecule has 2 aromatic rings. The Morgan fingerprint density at radius 3 is 2.67 bits per heavy atom. The Hall–Kier alpha value is -3.60. The lowest BCUT2D eigenvalue weighted by Gasteiger charge is -2.44. The van der Waals surface area contributed by atoms with Gasteiger partial charge in [-0.15, -0.1) is 0 Å². The van der Waals surface area contributed by atoms with Crippen LogP contribution in [0, 0.1) is 0 Å². The summed E-state index contributed by atoms with van der Waals surface area (Å²) in [7, 11) is 1.34. The van der Waals surface area contributed by atoms with Crippen LogP contribution in [0.5, 0.6) is 5.75 Å². The zero-order valence-corrected chi connectivity index (χ0v) is 21.1. The van der Waals surface area contributed by atoms with Gasteiger partial charge in [0.05, 0.1) is 55.8 Å². The summed E-state index contributed by atoms with van der Waals surface area (Å²) in [6.07, 6.45) is -7.88. The summed E-state index contributed by atoms with van der Waals surface area (Å²) in [5.41, 5.74) is -4.26. The molecule has 4 rings (SSSR count). The highest BCUT2D eigenvalue weighted by atomic mass is 19.4. The molecule has 2 aromatic heterocycles. The Kier molecular flexibility index (Phi) is 8.72. The van der Waals surface area contributed by atoms with Gasteiger partial charge >= 0.3 is 12.4 Å². The van der Waals surface area contributed by atoms with Crippen LogP contribution in [0.2, 0.25) is 0 Å². The number of nitrogens with zero attached hydrogens (tertiary/aromatic N) is 4. The summed E-state index contributed by atoms with van der Waals surface area (Å²) < 4.78 is 94.9. The molecule has 2 aliphatic heterocycles. The number of carbonyl (C=O) groups excluding carboxylic acids is 1. The molecule has 1 fully saturated rings. The van der Waals surface area contributed by atoms with E-state index >= 15 is 0 Å². The van der Waals surface area contributed by atoms with E-state index in [0.29, 0.717) is 18.9 Å². The van der Waals surface area contributed by atoms with Crippen LogP contribution in [0.15, 0.2) is 23.3 Å². The predicted octanol–water partition coefficient (Wildman–Crippen LogP) is 2.15. The fourth-order valence-corrected chi connectivity index (χ4v) is 4.49. The van der Waals surface area contributed by atoms with Crippen molar-refractivity contribution in [1.29, 1.82) is 0 Å². The molecule has 11 nitrogen and oxygen atoms in total. The lowest BCUT2D eigenvalue weighted by molar-refractivity contribution is -0.138. The molecule has 0 aromatic carbocycles. The molecule has 2 aliphatic rings. The summed E-state index contributed by atoms with van der Waals surface area (Å²) in [6.45, 7) is 0.785. The molecule has 0 saturated carbocycles. The fraction of sp³-hybridized carbons (Fsp3) is 0.565. The molecular formula is C23H26F6N6O5. The average molecular weight is 580 g/mol. The number of carbonyl (C=O) groups is 1. The van der Waals surface area contributed by atoms with Crippen LogP contribution in [-0.2, 0) is 26.6 Å². The van der Waals surface area contributed by atoms with Crippen LogP contribution in [0.25, 0.3) is 0 Å². The van der Waals surface area contributed by atoms with E-state index < -0.39 is 40.8 Å². The number of methoxy groups -OCH3 is 1. The lowest BCUT2D eigenvalue weighted by Crippen LogP contribution is -2.58. The van der Waals surface area contributed by atoms with Gasteiger partial charge in [-0.25, -0.2) is 10.1 Å². The molecule has 40 heavy (non-hydrogen) atoms. The number of ether oxygens (including phenoxy) is 3. The monoisotopic (exact) mass is 580 g/mol. The number of hydrogen-bond acceptors (Lipinski definition) is 9. The zero-order valence-electron chi connectivity index (χ0n) is 21.1. The highest BCUT2D eigenvalue weighted by Crippen LogP contribution is 2.38. The molecule has 17 heteroatoms. The highest BCUT2D eigenvalue weighted by molar-refractivity contribution is 5.77. The summed E-state index contributed by atoms with van der Waals surface area (Å²) >= 11 is 0. The number of aromatic nitrogens is 3. The molecule has 2 atom stereocenters. The number of piperazine rings is 1. The van der Waals surface area contributed by atoms with Crippen molar-refractivity contribution in [2.45, 2.75) is 30.9 Å². The van der Waals surface area contributed by atoms with Gasteiger partial charge in [-0.05, 0) is 6.07 Å². The smallest absolute Gasteiger partial charge is 0.423 e. The first-order valence-electron chi connectivity index (χ1n) is 12.1. The maximum Gasteiger partial charge on any atom is 0.423 e. The third-order valence-corrected chi connectivity index (χ3v) is 6.35. The van der Waals surface area contributed by atoms with Gasteiger partial charge in [0.25, 0.3) is 5.56 Å². The van der Waals surface area contributed by atoms with E-state index in [9.17, 15) is 35.9 Å². The van der Waals surface area contributed by atoms with Crippen LogP contribution in [-0.4, -0.2) is 91.2 Å². The van der Waals surface area contributed by atoms with Crippen molar-refractivity contribution in [2.24, 2.45) is 0 Å². The van der Waals surface area contributed by atoms with Crippen molar-refractivity contribution >= 4 is 17.4 Å². The van der Waals surface area contributed by atoms with Crippen LogP contribution in [0.3, 0.4) is 0 Å². The second-order valence-corrected chi connectivity index (χ2v) is 9.15. The number of rotatable bonds is 9. The minimum absolute atomic E-state index is 0.0164. The Balaban J connectivity index is 1.28. The van der Waals surface area contributed by atoms with Crippen molar-refractivity contribution < 1.29 is 45.3 Å². The molecule has 0 radical (unpaired) electrons. The second kappa shape index (κ2) is 11.9. The molecule has 1 amide bonds. The lowest BCUT2D eigenvalue weighted by atomic mass is 10.1. The topological polar surface area (TPSA) is 122 Å². The molecule has 0 aliphatic carbocycles. The number of anilines is 2. The summed E-state index contributed by atoms with van der Waals surface area (Å²) in [6, 6.07) is -0.163. The number of alkyl halides is 6. The standard InChI is InChI=1S/C23H26F6N6O5/c1-38-10-14(32-16-8-31-33-21(37)19(16)23(27,28)29)11-39-5-2-18(36)34-3-4-35-15(9-34)12-40-17-6-13(22(24,25)26)7-30-20(17)35/h6-8,14-15H,2-5,9-12H2,1H3,(H2,32,33,37)/t14-,15-/m0/s1. The summed E-state index contributed by atoms with van der Waals surface area (Å²) in [5, 5.41) is 7.72. The van der Waals surface area contributed by atoms with Crippen molar-refractivity contribution in [1.82, 2.24) is 20.1 Å². The maximum atomic E-state index is 13.3. The number of aromatic amines is 1. The zero-order chi connectivity index (χ0) is 29.1. The normalized spacial score (nSPS) is 18.0. The number of amides is 1. The van der Waals surface area contributed by atoms with Gasteiger partial charge < -0.3 is 29.3 Å².